The van der Waals surface area contributed by atoms with E-state index in [9.17, 15) is 9.59 Å². The van der Waals surface area contributed by atoms with E-state index in [4.69, 9.17) is 14.2 Å². The minimum absolute atomic E-state index is 0.0618. The molecular formula is C15H21NO5. The number of nitrogens with one attached hydrogen (secondary N) is 1. The zero-order chi connectivity index (χ0) is 15.7. The van der Waals surface area contributed by atoms with Crippen LogP contribution in [0.1, 0.15) is 20.3 Å². The van der Waals surface area contributed by atoms with Gasteiger partial charge in [-0.05, 0) is 37.6 Å². The summed E-state index contributed by atoms with van der Waals surface area (Å²) < 4.78 is 15.1. The van der Waals surface area contributed by atoms with Crippen molar-refractivity contribution in [3.8, 4) is 11.5 Å². The lowest BCUT2D eigenvalue weighted by atomic mass is 10.2. The second kappa shape index (κ2) is 8.84. The number of amides is 1. The quantitative estimate of drug-likeness (QED) is 0.736. The van der Waals surface area contributed by atoms with Crippen molar-refractivity contribution in [3.05, 3.63) is 24.3 Å². The fourth-order valence-corrected chi connectivity index (χ4v) is 1.42. The third kappa shape index (κ3) is 6.65. The molecular weight excluding hydrogens is 274 g/mol. The summed E-state index contributed by atoms with van der Waals surface area (Å²) in [5, 5.41) is 2.70. The summed E-state index contributed by atoms with van der Waals surface area (Å²) in [6.07, 6.45) is 0.820. The van der Waals surface area contributed by atoms with E-state index >= 15 is 0 Å². The molecule has 0 aromatic heterocycles. The summed E-state index contributed by atoms with van der Waals surface area (Å²) in [5.74, 6) is 0.315. The molecule has 0 aliphatic rings. The van der Waals surface area contributed by atoms with Crippen molar-refractivity contribution in [1.29, 1.82) is 0 Å². The van der Waals surface area contributed by atoms with Crippen LogP contribution in [0.5, 0.6) is 11.5 Å². The lowest BCUT2D eigenvalue weighted by Gasteiger charge is -2.11. The van der Waals surface area contributed by atoms with Gasteiger partial charge in [0.1, 0.15) is 11.5 Å². The molecule has 0 bridgehead atoms. The second-order valence-electron chi connectivity index (χ2n) is 4.50. The summed E-state index contributed by atoms with van der Waals surface area (Å²) in [5.41, 5.74) is 0. The molecule has 6 heteroatoms. The molecule has 1 rings (SSSR count). The summed E-state index contributed by atoms with van der Waals surface area (Å²) >= 11 is 0. The molecule has 0 saturated carbocycles. The first-order valence-electron chi connectivity index (χ1n) is 6.77. The SMILES string of the molecule is CC[C@@H](C)NC(=O)COC(=O)COc1ccc(OC)cc1. The fourth-order valence-electron chi connectivity index (χ4n) is 1.42. The van der Waals surface area contributed by atoms with E-state index in [1.165, 1.54) is 0 Å². The molecule has 0 aliphatic carbocycles. The van der Waals surface area contributed by atoms with Gasteiger partial charge in [0.15, 0.2) is 13.2 Å². The van der Waals surface area contributed by atoms with Crippen molar-refractivity contribution in [2.45, 2.75) is 26.3 Å². The standard InChI is InChI=1S/C15H21NO5/c1-4-11(2)16-14(17)9-21-15(18)10-20-13-7-5-12(19-3)6-8-13/h5-8,11H,4,9-10H2,1-3H3,(H,16,17)/t11-/m1/s1. The van der Waals surface area contributed by atoms with Crippen LogP contribution in [0.15, 0.2) is 24.3 Å². The Kier molecular flexibility index (Phi) is 7.08. The van der Waals surface area contributed by atoms with Crippen molar-refractivity contribution < 1.29 is 23.8 Å². The van der Waals surface area contributed by atoms with Crippen LogP contribution in [0.4, 0.5) is 0 Å². The summed E-state index contributed by atoms with van der Waals surface area (Å²) in [6.45, 7) is 3.30. The van der Waals surface area contributed by atoms with Gasteiger partial charge in [0.25, 0.3) is 5.91 Å². The molecule has 0 fully saturated rings. The maximum Gasteiger partial charge on any atom is 0.344 e. The van der Waals surface area contributed by atoms with Gasteiger partial charge in [0.05, 0.1) is 7.11 Å². The Morgan fingerprint density at radius 2 is 1.76 bits per heavy atom. The zero-order valence-corrected chi connectivity index (χ0v) is 12.5. The first kappa shape index (κ1) is 16.8. The topological polar surface area (TPSA) is 73.9 Å². The number of benzene rings is 1. The normalized spacial score (nSPS) is 11.4. The van der Waals surface area contributed by atoms with E-state index in [0.717, 1.165) is 6.42 Å². The van der Waals surface area contributed by atoms with Gasteiger partial charge in [-0.25, -0.2) is 4.79 Å². The van der Waals surface area contributed by atoms with Gasteiger partial charge in [0.2, 0.25) is 0 Å². The van der Waals surface area contributed by atoms with Crippen molar-refractivity contribution in [2.75, 3.05) is 20.3 Å². The minimum atomic E-state index is -0.592. The van der Waals surface area contributed by atoms with Gasteiger partial charge < -0.3 is 19.5 Å². The first-order valence-corrected chi connectivity index (χ1v) is 6.77. The van der Waals surface area contributed by atoms with Crippen LogP contribution in [0.2, 0.25) is 0 Å². The molecule has 0 saturated heterocycles. The molecule has 0 heterocycles. The Labute approximate surface area is 124 Å². The maximum absolute atomic E-state index is 11.4. The van der Waals surface area contributed by atoms with Crippen LogP contribution in [0, 0.1) is 0 Å². The van der Waals surface area contributed by atoms with Crippen LogP contribution < -0.4 is 14.8 Å². The average Bonchev–Trinajstić information content (AvgIpc) is 2.51. The summed E-state index contributed by atoms with van der Waals surface area (Å²) in [7, 11) is 1.57. The highest BCUT2D eigenvalue weighted by Gasteiger charge is 2.10. The summed E-state index contributed by atoms with van der Waals surface area (Å²) in [4.78, 5) is 22.9. The van der Waals surface area contributed by atoms with Crippen LogP contribution in [-0.4, -0.2) is 38.2 Å². The number of carbonyl (C=O) groups is 2. The van der Waals surface area contributed by atoms with E-state index in [2.05, 4.69) is 5.32 Å². The number of methoxy groups -OCH3 is 1. The Balaban J connectivity index is 2.25. The number of rotatable bonds is 8. The second-order valence-corrected chi connectivity index (χ2v) is 4.50. The van der Waals surface area contributed by atoms with Crippen molar-refractivity contribution >= 4 is 11.9 Å². The zero-order valence-electron chi connectivity index (χ0n) is 12.5. The van der Waals surface area contributed by atoms with Crippen LogP contribution >= 0.6 is 0 Å². The molecule has 21 heavy (non-hydrogen) atoms. The van der Waals surface area contributed by atoms with Crippen molar-refractivity contribution in [2.24, 2.45) is 0 Å². The van der Waals surface area contributed by atoms with Gasteiger partial charge in [-0.2, -0.15) is 0 Å². The molecule has 1 N–H and O–H groups in total. The van der Waals surface area contributed by atoms with Crippen LogP contribution in [-0.2, 0) is 14.3 Å². The molecule has 1 atom stereocenters. The molecule has 0 radical (unpaired) electrons. The predicted octanol–water partition coefficient (Wildman–Crippen LogP) is 1.53. The maximum atomic E-state index is 11.4. The molecule has 6 nitrogen and oxygen atoms in total. The lowest BCUT2D eigenvalue weighted by molar-refractivity contribution is -0.150. The molecule has 0 unspecified atom stereocenters. The van der Waals surface area contributed by atoms with Crippen molar-refractivity contribution in [3.63, 3.8) is 0 Å². The van der Waals surface area contributed by atoms with E-state index in [-0.39, 0.29) is 25.2 Å². The average molecular weight is 295 g/mol. The highest BCUT2D eigenvalue weighted by Crippen LogP contribution is 2.16. The predicted molar refractivity (Wildman–Crippen MR) is 77.3 cm³/mol. The third-order valence-corrected chi connectivity index (χ3v) is 2.80. The highest BCUT2D eigenvalue weighted by atomic mass is 16.6. The molecule has 116 valence electrons. The Morgan fingerprint density at radius 3 is 2.33 bits per heavy atom. The molecule has 0 aliphatic heterocycles. The van der Waals surface area contributed by atoms with E-state index in [1.54, 1.807) is 31.4 Å². The van der Waals surface area contributed by atoms with E-state index < -0.39 is 5.97 Å². The lowest BCUT2D eigenvalue weighted by Crippen LogP contribution is -2.35. The highest BCUT2D eigenvalue weighted by molar-refractivity contribution is 5.81. The molecule has 0 spiro atoms. The van der Waals surface area contributed by atoms with Gasteiger partial charge in [0, 0.05) is 6.04 Å². The van der Waals surface area contributed by atoms with E-state index in [0.29, 0.717) is 11.5 Å². The number of ether oxygens (including phenoxy) is 3. The minimum Gasteiger partial charge on any atom is -0.497 e. The largest absolute Gasteiger partial charge is 0.497 e. The Bertz CT molecular complexity index is 458. The Hall–Kier alpha value is -2.24. The Morgan fingerprint density at radius 1 is 1.14 bits per heavy atom. The van der Waals surface area contributed by atoms with Gasteiger partial charge in [-0.1, -0.05) is 6.92 Å². The summed E-state index contributed by atoms with van der Waals surface area (Å²) in [6, 6.07) is 6.87. The fraction of sp³-hybridized carbons (Fsp3) is 0.467. The molecule has 1 amide bonds. The van der Waals surface area contributed by atoms with Crippen LogP contribution in [0.25, 0.3) is 0 Å². The molecule has 1 aromatic carbocycles. The number of esters is 1. The number of hydrogen-bond donors (Lipinski definition) is 1. The van der Waals surface area contributed by atoms with Crippen LogP contribution in [0.3, 0.4) is 0 Å². The first-order chi connectivity index (χ1) is 10.0. The van der Waals surface area contributed by atoms with Crippen molar-refractivity contribution in [1.82, 2.24) is 5.32 Å². The molecule has 1 aromatic rings. The van der Waals surface area contributed by atoms with E-state index in [1.807, 2.05) is 13.8 Å². The van der Waals surface area contributed by atoms with Gasteiger partial charge in [-0.3, -0.25) is 4.79 Å². The monoisotopic (exact) mass is 295 g/mol. The number of carbonyl (C=O) groups excluding carboxylic acids is 2. The number of hydrogen-bond acceptors (Lipinski definition) is 5. The van der Waals surface area contributed by atoms with Gasteiger partial charge >= 0.3 is 5.97 Å². The van der Waals surface area contributed by atoms with Gasteiger partial charge in [-0.15, -0.1) is 0 Å². The smallest absolute Gasteiger partial charge is 0.344 e. The third-order valence-electron chi connectivity index (χ3n) is 2.80.